The van der Waals surface area contributed by atoms with E-state index in [0.717, 1.165) is 11.5 Å². The van der Waals surface area contributed by atoms with Crippen LogP contribution in [0.1, 0.15) is 45.2 Å². The molecule has 2 bridgehead atoms. The van der Waals surface area contributed by atoms with Crippen LogP contribution in [0, 0.1) is 0 Å². The van der Waals surface area contributed by atoms with Gasteiger partial charge in [-0.15, -0.1) is 0 Å². The molecule has 4 aromatic rings. The van der Waals surface area contributed by atoms with E-state index in [2.05, 4.69) is 60.7 Å². The van der Waals surface area contributed by atoms with Crippen molar-refractivity contribution in [3.63, 3.8) is 0 Å². The number of hydrogen-bond donors (Lipinski definition) is 0. The third-order valence-electron chi connectivity index (χ3n) is 8.54. The summed E-state index contributed by atoms with van der Waals surface area (Å²) in [5.74, 6) is 3.11. The number of hydrogen-bond acceptors (Lipinski definition) is 8. The minimum Gasteiger partial charge on any atom is -0.487 e. The van der Waals surface area contributed by atoms with Crippen molar-refractivity contribution in [3.8, 4) is 23.0 Å². The number of fused-ring (bicyclic) bond motifs is 2. The highest BCUT2D eigenvalue weighted by atomic mass is 16.6. The van der Waals surface area contributed by atoms with Crippen molar-refractivity contribution in [1.82, 2.24) is 0 Å². The van der Waals surface area contributed by atoms with Gasteiger partial charge in [0.25, 0.3) is 0 Å². The summed E-state index contributed by atoms with van der Waals surface area (Å²) in [5.41, 5.74) is 8.01. The average Bonchev–Trinajstić information content (AvgIpc) is 3.09. The fourth-order valence-electron chi connectivity index (χ4n) is 6.57. The van der Waals surface area contributed by atoms with Gasteiger partial charge in [0.1, 0.15) is 26.4 Å². The Bertz CT molecular complexity index is 1440. The molecule has 0 saturated carbocycles. The Hall–Kier alpha value is -4.08. The van der Waals surface area contributed by atoms with Crippen molar-refractivity contribution in [1.29, 1.82) is 0 Å². The van der Waals surface area contributed by atoms with E-state index in [1.807, 2.05) is 24.3 Å². The van der Waals surface area contributed by atoms with Crippen LogP contribution in [-0.4, -0.2) is 79.3 Å². The molecule has 8 rings (SSSR count). The quantitative estimate of drug-likeness (QED) is 0.205. The smallest absolute Gasteiger partial charge is 0.161 e. The van der Waals surface area contributed by atoms with Crippen molar-refractivity contribution in [2.75, 3.05) is 79.3 Å². The van der Waals surface area contributed by atoms with Gasteiger partial charge in [0.15, 0.2) is 23.0 Å². The second-order valence-electron chi connectivity index (χ2n) is 11.3. The molecule has 46 heavy (non-hydrogen) atoms. The van der Waals surface area contributed by atoms with E-state index in [1.165, 1.54) is 33.4 Å². The summed E-state index contributed by atoms with van der Waals surface area (Å²) in [5, 5.41) is 0. The van der Waals surface area contributed by atoms with Gasteiger partial charge in [-0.2, -0.15) is 0 Å². The molecular weight excluding hydrogens is 584 g/mol. The maximum absolute atomic E-state index is 6.33. The molecule has 3 aliphatic carbocycles. The third-order valence-corrected chi connectivity index (χ3v) is 8.54. The van der Waals surface area contributed by atoms with E-state index in [4.69, 9.17) is 37.9 Å². The van der Waals surface area contributed by atoms with Gasteiger partial charge in [-0.1, -0.05) is 60.7 Å². The summed E-state index contributed by atoms with van der Waals surface area (Å²) in [6.45, 7) is 5.23. The van der Waals surface area contributed by atoms with E-state index in [1.54, 1.807) is 0 Å². The second-order valence-corrected chi connectivity index (χ2v) is 11.3. The normalized spacial score (nSPS) is 20.8. The number of para-hydroxylation sites is 2. The summed E-state index contributed by atoms with van der Waals surface area (Å²) >= 11 is 0. The maximum atomic E-state index is 6.33. The Morgan fingerprint density at radius 3 is 0.935 bits per heavy atom. The Morgan fingerprint density at radius 1 is 0.304 bits per heavy atom. The molecule has 1 heterocycles. The van der Waals surface area contributed by atoms with Gasteiger partial charge in [0.05, 0.1) is 52.9 Å². The molecule has 8 heteroatoms. The number of rotatable bonds is 0. The first-order valence-corrected chi connectivity index (χ1v) is 16.1. The van der Waals surface area contributed by atoms with Gasteiger partial charge in [-0.25, -0.2) is 0 Å². The SMILES string of the molecule is c1ccc2c(c1)OCCOCCOCCOc1cc3c(cc1OCCOCCOCCO2)C1c2ccccc2C3c2ccccc21. The molecular formula is C38H40O8. The van der Waals surface area contributed by atoms with Gasteiger partial charge in [-0.05, 0) is 57.6 Å². The summed E-state index contributed by atoms with van der Waals surface area (Å²) in [6, 6.07) is 29.6. The van der Waals surface area contributed by atoms with Crippen LogP contribution < -0.4 is 18.9 Å². The molecule has 4 aliphatic rings. The van der Waals surface area contributed by atoms with Crippen molar-refractivity contribution in [2.24, 2.45) is 0 Å². The molecule has 0 fully saturated rings. The summed E-state index contributed by atoms with van der Waals surface area (Å²) < 4.78 is 47.4. The third kappa shape index (κ3) is 6.71. The van der Waals surface area contributed by atoms with Gasteiger partial charge >= 0.3 is 0 Å². The van der Waals surface area contributed by atoms with E-state index in [-0.39, 0.29) is 11.8 Å². The van der Waals surface area contributed by atoms with Crippen LogP contribution in [0.4, 0.5) is 0 Å². The van der Waals surface area contributed by atoms with E-state index in [9.17, 15) is 0 Å². The lowest BCUT2D eigenvalue weighted by molar-refractivity contribution is 0.0223. The van der Waals surface area contributed by atoms with Crippen molar-refractivity contribution >= 4 is 0 Å². The highest BCUT2D eigenvalue weighted by Crippen LogP contribution is 2.57. The second kappa shape index (κ2) is 15.0. The van der Waals surface area contributed by atoms with Gasteiger partial charge in [-0.3, -0.25) is 0 Å². The number of benzene rings is 4. The Morgan fingerprint density at radius 2 is 0.587 bits per heavy atom. The lowest BCUT2D eigenvalue weighted by Crippen LogP contribution is -2.27. The van der Waals surface area contributed by atoms with Crippen LogP contribution in [0.3, 0.4) is 0 Å². The zero-order valence-corrected chi connectivity index (χ0v) is 26.0. The minimum absolute atomic E-state index is 0.156. The zero-order chi connectivity index (χ0) is 31.0. The van der Waals surface area contributed by atoms with Crippen LogP contribution in [0.25, 0.3) is 0 Å². The first kappa shape index (κ1) is 30.6. The zero-order valence-electron chi connectivity index (χ0n) is 26.0. The fourth-order valence-corrected chi connectivity index (χ4v) is 6.57. The Labute approximate surface area is 270 Å². The first-order valence-electron chi connectivity index (χ1n) is 16.1. The largest absolute Gasteiger partial charge is 0.487 e. The molecule has 240 valence electrons. The van der Waals surface area contributed by atoms with Crippen LogP contribution in [0.2, 0.25) is 0 Å². The first-order chi connectivity index (χ1) is 22.9. The van der Waals surface area contributed by atoms with Crippen LogP contribution in [-0.2, 0) is 18.9 Å². The lowest BCUT2D eigenvalue weighted by atomic mass is 9.61. The Balaban J connectivity index is 1.04. The monoisotopic (exact) mass is 624 g/mol. The van der Waals surface area contributed by atoms with Crippen molar-refractivity contribution < 1.29 is 37.9 Å². The lowest BCUT2D eigenvalue weighted by Gasteiger charge is -2.42. The van der Waals surface area contributed by atoms with E-state index >= 15 is 0 Å². The molecule has 0 aromatic heterocycles. The fraction of sp³-hybridized carbons (Fsp3) is 0.368. The maximum Gasteiger partial charge on any atom is 0.161 e. The summed E-state index contributed by atoms with van der Waals surface area (Å²) in [6.07, 6.45) is 0. The van der Waals surface area contributed by atoms with Crippen LogP contribution in [0.5, 0.6) is 23.0 Å². The molecule has 0 atom stereocenters. The predicted molar refractivity (Wildman–Crippen MR) is 173 cm³/mol. The summed E-state index contributed by atoms with van der Waals surface area (Å²) in [7, 11) is 0. The molecule has 0 saturated heterocycles. The molecule has 1 aliphatic heterocycles. The highest BCUT2D eigenvalue weighted by Gasteiger charge is 2.41. The van der Waals surface area contributed by atoms with Gasteiger partial charge in [0, 0.05) is 11.8 Å². The van der Waals surface area contributed by atoms with E-state index < -0.39 is 0 Å². The van der Waals surface area contributed by atoms with Crippen molar-refractivity contribution in [2.45, 2.75) is 11.8 Å². The van der Waals surface area contributed by atoms with Crippen molar-refractivity contribution in [3.05, 3.63) is 118 Å². The molecule has 0 radical (unpaired) electrons. The van der Waals surface area contributed by atoms with Gasteiger partial charge in [0.2, 0.25) is 0 Å². The van der Waals surface area contributed by atoms with Crippen LogP contribution in [0.15, 0.2) is 84.9 Å². The molecule has 0 N–H and O–H groups in total. The minimum atomic E-state index is 0.156. The van der Waals surface area contributed by atoms with Crippen LogP contribution >= 0.6 is 0 Å². The molecule has 0 spiro atoms. The Kier molecular flexibility index (Phi) is 9.97. The number of ether oxygens (including phenoxy) is 8. The molecule has 0 amide bonds. The molecule has 0 unspecified atom stereocenters. The van der Waals surface area contributed by atoms with Gasteiger partial charge < -0.3 is 37.9 Å². The molecule has 8 nitrogen and oxygen atoms in total. The standard InChI is InChI=1S/C38H40O8/c1-2-8-28-27(7-1)37-29-9-3-4-10-30(29)38(28)32-26-36-35(25-31(32)37)45-23-19-41-15-13-39-17-21-43-33-11-5-6-12-34(33)44-22-18-40-14-16-42-20-24-46-36/h1-12,25-26,37-38H,13-24H2. The van der Waals surface area contributed by atoms with E-state index in [0.29, 0.717) is 90.8 Å². The predicted octanol–water partition coefficient (Wildman–Crippen LogP) is 5.97. The topological polar surface area (TPSA) is 73.8 Å². The summed E-state index contributed by atoms with van der Waals surface area (Å²) in [4.78, 5) is 0. The highest BCUT2D eigenvalue weighted by molar-refractivity contribution is 5.70. The average molecular weight is 625 g/mol. The molecule has 4 aromatic carbocycles.